The van der Waals surface area contributed by atoms with Gasteiger partial charge in [-0.1, -0.05) is 36.4 Å². The van der Waals surface area contributed by atoms with Crippen LogP contribution in [0.4, 0.5) is 4.39 Å². The van der Waals surface area contributed by atoms with Gasteiger partial charge in [0.15, 0.2) is 0 Å². The highest BCUT2D eigenvalue weighted by Crippen LogP contribution is 2.33. The number of hydrogen-bond donors (Lipinski definition) is 0. The Balaban J connectivity index is 1.55. The number of carbonyl (C=O) groups excluding carboxylic acids is 2. The van der Waals surface area contributed by atoms with Gasteiger partial charge in [-0.15, -0.1) is 0 Å². The first kappa shape index (κ1) is 18.9. The Morgan fingerprint density at radius 3 is 2.48 bits per heavy atom. The van der Waals surface area contributed by atoms with Gasteiger partial charge in [0.1, 0.15) is 17.7 Å². The zero-order chi connectivity index (χ0) is 20.4. The maximum atomic E-state index is 13.2. The predicted octanol–water partition coefficient (Wildman–Crippen LogP) is 4.70. The number of cyclic esters (lactones) is 1. The van der Waals surface area contributed by atoms with E-state index in [9.17, 15) is 14.0 Å². The molecule has 5 nitrogen and oxygen atoms in total. The molecule has 4 rings (SSSR count). The fourth-order valence-corrected chi connectivity index (χ4v) is 3.28. The molecule has 1 heterocycles. The molecule has 1 saturated heterocycles. The Labute approximate surface area is 167 Å². The molecule has 0 N–H and O–H groups in total. The maximum absolute atomic E-state index is 13.2. The smallest absolute Gasteiger partial charge is 0.393 e. The van der Waals surface area contributed by atoms with E-state index in [-0.39, 0.29) is 18.6 Å². The maximum Gasteiger partial charge on any atom is 0.393 e. The zero-order valence-corrected chi connectivity index (χ0v) is 15.8. The highest BCUT2D eigenvalue weighted by molar-refractivity contribution is 5.86. The van der Waals surface area contributed by atoms with E-state index in [2.05, 4.69) is 0 Å². The topological polar surface area (TPSA) is 61.8 Å². The van der Waals surface area contributed by atoms with Crippen LogP contribution in [-0.4, -0.2) is 17.7 Å². The van der Waals surface area contributed by atoms with E-state index < -0.39 is 29.6 Å². The lowest BCUT2D eigenvalue weighted by molar-refractivity contribution is -0.210. The van der Waals surface area contributed by atoms with E-state index in [0.717, 1.165) is 16.3 Å². The quantitative estimate of drug-likeness (QED) is 0.587. The molecule has 6 heteroatoms. The first-order valence-electron chi connectivity index (χ1n) is 9.31. The lowest BCUT2D eigenvalue weighted by Gasteiger charge is -2.27. The van der Waals surface area contributed by atoms with Gasteiger partial charge in [0.2, 0.25) is 0 Å². The van der Waals surface area contributed by atoms with Crippen LogP contribution in [0.3, 0.4) is 0 Å². The van der Waals surface area contributed by atoms with Gasteiger partial charge in [-0.05, 0) is 53.6 Å². The van der Waals surface area contributed by atoms with E-state index in [1.807, 2.05) is 42.5 Å². The van der Waals surface area contributed by atoms with Crippen molar-refractivity contribution in [2.24, 2.45) is 0 Å². The average molecular weight is 394 g/mol. The predicted molar refractivity (Wildman–Crippen MR) is 104 cm³/mol. The number of carbonyl (C=O) groups is 2. The van der Waals surface area contributed by atoms with Crippen LogP contribution in [0.25, 0.3) is 10.8 Å². The Morgan fingerprint density at radius 2 is 1.79 bits per heavy atom. The molecule has 3 aromatic rings. The largest absolute Gasteiger partial charge is 0.452 e. The molecule has 0 unspecified atom stereocenters. The van der Waals surface area contributed by atoms with E-state index in [4.69, 9.17) is 14.2 Å². The van der Waals surface area contributed by atoms with Gasteiger partial charge >= 0.3 is 17.7 Å². The van der Waals surface area contributed by atoms with Gasteiger partial charge in [0.25, 0.3) is 0 Å². The van der Waals surface area contributed by atoms with Crippen molar-refractivity contribution >= 4 is 22.7 Å². The van der Waals surface area contributed by atoms with Crippen LogP contribution in [0.15, 0.2) is 66.7 Å². The van der Waals surface area contributed by atoms with Crippen molar-refractivity contribution in [3.63, 3.8) is 0 Å². The molecule has 0 radical (unpaired) electrons. The average Bonchev–Trinajstić information content (AvgIpc) is 3.11. The summed E-state index contributed by atoms with van der Waals surface area (Å²) in [4.78, 5) is 24.7. The second-order valence-electron chi connectivity index (χ2n) is 6.94. The summed E-state index contributed by atoms with van der Waals surface area (Å²) in [5, 5.41) is 2.10. The van der Waals surface area contributed by atoms with Crippen molar-refractivity contribution in [2.45, 2.75) is 31.7 Å². The number of fused-ring (bicyclic) bond motifs is 1. The van der Waals surface area contributed by atoms with Crippen molar-refractivity contribution in [3.05, 3.63) is 78.1 Å². The molecule has 3 aromatic carbocycles. The van der Waals surface area contributed by atoms with Crippen molar-refractivity contribution in [3.8, 4) is 5.75 Å². The SMILES string of the molecule is C[C@H](OC(=O)[C@]1(Oc2ccc(F)cc2)CCC(=O)O1)c1ccc2ccccc2c1. The zero-order valence-electron chi connectivity index (χ0n) is 15.8. The van der Waals surface area contributed by atoms with Crippen LogP contribution in [0.1, 0.15) is 31.4 Å². The molecule has 0 aromatic heterocycles. The third-order valence-corrected chi connectivity index (χ3v) is 4.87. The van der Waals surface area contributed by atoms with Crippen LogP contribution >= 0.6 is 0 Å². The summed E-state index contributed by atoms with van der Waals surface area (Å²) >= 11 is 0. The Bertz CT molecular complexity index is 1060. The molecule has 0 spiro atoms. The molecule has 0 bridgehead atoms. The van der Waals surface area contributed by atoms with Gasteiger partial charge in [0.05, 0.1) is 6.42 Å². The molecule has 1 fully saturated rings. The second kappa shape index (κ2) is 7.54. The van der Waals surface area contributed by atoms with Gasteiger partial charge in [-0.2, -0.15) is 0 Å². The lowest BCUT2D eigenvalue weighted by Crippen LogP contribution is -2.46. The molecule has 0 saturated carbocycles. The second-order valence-corrected chi connectivity index (χ2v) is 6.94. The Kier molecular flexibility index (Phi) is 4.92. The van der Waals surface area contributed by atoms with Crippen molar-refractivity contribution in [1.29, 1.82) is 0 Å². The highest BCUT2D eigenvalue weighted by atomic mass is 19.1. The summed E-state index contributed by atoms with van der Waals surface area (Å²) in [5.41, 5.74) is 0.804. The molecule has 0 aliphatic carbocycles. The molecule has 1 aliphatic rings. The van der Waals surface area contributed by atoms with Gasteiger partial charge in [0, 0.05) is 6.42 Å². The minimum absolute atomic E-state index is 0.0203. The summed E-state index contributed by atoms with van der Waals surface area (Å²) < 4.78 is 29.7. The summed E-state index contributed by atoms with van der Waals surface area (Å²) in [6.45, 7) is 1.74. The van der Waals surface area contributed by atoms with Gasteiger partial charge < -0.3 is 14.2 Å². The van der Waals surface area contributed by atoms with Crippen molar-refractivity contribution in [2.75, 3.05) is 0 Å². The number of rotatable bonds is 5. The summed E-state index contributed by atoms with van der Waals surface area (Å²) in [7, 11) is 0. The van der Waals surface area contributed by atoms with Crippen LogP contribution in [0.2, 0.25) is 0 Å². The minimum atomic E-state index is -1.87. The normalized spacial score (nSPS) is 19.6. The van der Waals surface area contributed by atoms with Crippen LogP contribution in [-0.2, 0) is 19.1 Å². The molecule has 2 atom stereocenters. The number of hydrogen-bond acceptors (Lipinski definition) is 5. The van der Waals surface area contributed by atoms with Crippen LogP contribution < -0.4 is 4.74 Å². The van der Waals surface area contributed by atoms with E-state index in [0.29, 0.717) is 0 Å². The number of ether oxygens (including phenoxy) is 3. The third-order valence-electron chi connectivity index (χ3n) is 4.87. The fourth-order valence-electron chi connectivity index (χ4n) is 3.28. The standard InChI is InChI=1S/C23H19FO5/c1-15(17-7-6-16-4-2-3-5-18(16)14-17)27-22(26)23(13-12-21(25)29-23)28-20-10-8-19(24)9-11-20/h2-11,14-15H,12-13H2,1H3/t15-,23-/m0/s1. The fraction of sp³-hybridized carbons (Fsp3) is 0.217. The van der Waals surface area contributed by atoms with Crippen LogP contribution in [0, 0.1) is 5.82 Å². The lowest BCUT2D eigenvalue weighted by atomic mass is 10.0. The van der Waals surface area contributed by atoms with Gasteiger partial charge in [-0.3, -0.25) is 4.79 Å². The first-order valence-corrected chi connectivity index (χ1v) is 9.31. The summed E-state index contributed by atoms with van der Waals surface area (Å²) in [6, 6.07) is 18.8. The summed E-state index contributed by atoms with van der Waals surface area (Å²) in [5.74, 6) is -3.46. The summed E-state index contributed by atoms with van der Waals surface area (Å²) in [6.07, 6.45) is -0.534. The first-order chi connectivity index (χ1) is 13.9. The van der Waals surface area contributed by atoms with Crippen LogP contribution in [0.5, 0.6) is 5.75 Å². The third kappa shape index (κ3) is 3.92. The Morgan fingerprint density at radius 1 is 1.07 bits per heavy atom. The number of esters is 2. The molecule has 0 amide bonds. The molecular formula is C23H19FO5. The number of benzene rings is 3. The molecule has 1 aliphatic heterocycles. The Hall–Kier alpha value is -3.41. The minimum Gasteiger partial charge on any atom is -0.452 e. The number of halogens is 1. The molecule has 29 heavy (non-hydrogen) atoms. The monoisotopic (exact) mass is 394 g/mol. The highest BCUT2D eigenvalue weighted by Gasteiger charge is 2.52. The van der Waals surface area contributed by atoms with E-state index in [1.54, 1.807) is 6.92 Å². The van der Waals surface area contributed by atoms with Crippen molar-refractivity contribution < 1.29 is 28.2 Å². The van der Waals surface area contributed by atoms with E-state index in [1.165, 1.54) is 24.3 Å². The molecular weight excluding hydrogens is 375 g/mol. The van der Waals surface area contributed by atoms with E-state index >= 15 is 0 Å². The van der Waals surface area contributed by atoms with Gasteiger partial charge in [-0.25, -0.2) is 9.18 Å². The molecule has 148 valence electrons. The van der Waals surface area contributed by atoms with Crippen molar-refractivity contribution in [1.82, 2.24) is 0 Å².